The fourth-order valence-electron chi connectivity index (χ4n) is 3.26. The molecule has 0 saturated heterocycles. The second-order valence-corrected chi connectivity index (χ2v) is 8.09. The Hall–Kier alpha value is -3.09. The smallest absolute Gasteiger partial charge is 0.416 e. The molecule has 4 nitrogen and oxygen atoms in total. The number of carboxylic acid groups (broad SMARTS) is 1. The van der Waals surface area contributed by atoms with Crippen molar-refractivity contribution in [1.82, 2.24) is 4.98 Å². The molecule has 1 aromatic heterocycles. The average molecular weight is 431 g/mol. The first-order valence-corrected chi connectivity index (χ1v) is 10.0. The lowest BCUT2D eigenvalue weighted by molar-refractivity contribution is -0.147. The number of halogens is 3. The van der Waals surface area contributed by atoms with Crippen molar-refractivity contribution in [2.45, 2.75) is 39.3 Å². The van der Waals surface area contributed by atoms with Crippen LogP contribution >= 0.6 is 0 Å². The van der Waals surface area contributed by atoms with E-state index in [4.69, 9.17) is 4.74 Å². The highest BCUT2D eigenvalue weighted by Gasteiger charge is 2.30. The Kier molecular flexibility index (Phi) is 6.53. The van der Waals surface area contributed by atoms with E-state index < -0.39 is 23.1 Å². The molecule has 31 heavy (non-hydrogen) atoms. The van der Waals surface area contributed by atoms with E-state index in [0.29, 0.717) is 42.8 Å². The van der Waals surface area contributed by atoms with Gasteiger partial charge in [-0.3, -0.25) is 4.79 Å². The highest BCUT2D eigenvalue weighted by atomic mass is 19.4. The van der Waals surface area contributed by atoms with Crippen molar-refractivity contribution in [1.29, 1.82) is 0 Å². The van der Waals surface area contributed by atoms with E-state index in [1.165, 1.54) is 12.1 Å². The van der Waals surface area contributed by atoms with Crippen molar-refractivity contribution >= 4 is 16.9 Å². The van der Waals surface area contributed by atoms with Crippen molar-refractivity contribution in [3.8, 4) is 17.0 Å². The summed E-state index contributed by atoms with van der Waals surface area (Å²) in [5.74, 6) is -0.447. The van der Waals surface area contributed by atoms with E-state index in [0.717, 1.165) is 23.1 Å². The van der Waals surface area contributed by atoms with Crippen molar-refractivity contribution < 1.29 is 27.8 Å². The van der Waals surface area contributed by atoms with Crippen molar-refractivity contribution in [2.24, 2.45) is 5.41 Å². The summed E-state index contributed by atoms with van der Waals surface area (Å²) in [4.78, 5) is 15.7. The summed E-state index contributed by atoms with van der Waals surface area (Å²) in [5, 5.41) is 9.99. The molecule has 0 amide bonds. The van der Waals surface area contributed by atoms with Crippen LogP contribution in [0.5, 0.6) is 5.88 Å². The molecule has 0 bridgehead atoms. The molecule has 1 N–H and O–H groups in total. The maximum Gasteiger partial charge on any atom is 0.416 e. The molecule has 3 rings (SSSR count). The van der Waals surface area contributed by atoms with Gasteiger partial charge in [-0.15, -0.1) is 0 Å². The molecule has 0 aliphatic heterocycles. The van der Waals surface area contributed by atoms with E-state index >= 15 is 0 Å². The lowest BCUT2D eigenvalue weighted by Gasteiger charge is -2.18. The summed E-state index contributed by atoms with van der Waals surface area (Å²) in [6.45, 7) is 3.75. The van der Waals surface area contributed by atoms with Crippen molar-refractivity contribution in [2.75, 3.05) is 6.61 Å². The number of unbranched alkanes of at least 4 members (excludes halogenated alkanes) is 1. The number of rotatable bonds is 8. The van der Waals surface area contributed by atoms with Gasteiger partial charge in [-0.2, -0.15) is 13.2 Å². The molecule has 164 valence electrons. The largest absolute Gasteiger partial charge is 0.481 e. The zero-order valence-electron chi connectivity index (χ0n) is 17.4. The molecule has 1 heterocycles. The number of ether oxygens (including phenoxy) is 1. The zero-order chi connectivity index (χ0) is 22.6. The van der Waals surface area contributed by atoms with Gasteiger partial charge in [0.05, 0.1) is 23.1 Å². The molecule has 0 aliphatic carbocycles. The second-order valence-electron chi connectivity index (χ2n) is 8.09. The van der Waals surface area contributed by atoms with Crippen LogP contribution in [-0.2, 0) is 11.0 Å². The van der Waals surface area contributed by atoms with Gasteiger partial charge in [-0.05, 0) is 62.4 Å². The number of nitrogens with zero attached hydrogens (tertiary/aromatic N) is 1. The highest BCUT2D eigenvalue weighted by Crippen LogP contribution is 2.34. The van der Waals surface area contributed by atoms with E-state index in [2.05, 4.69) is 4.98 Å². The third-order valence-corrected chi connectivity index (χ3v) is 5.24. The summed E-state index contributed by atoms with van der Waals surface area (Å²) in [5.41, 5.74) is 0.579. The third-order valence-electron chi connectivity index (χ3n) is 5.24. The van der Waals surface area contributed by atoms with Crippen LogP contribution in [0.25, 0.3) is 22.0 Å². The van der Waals surface area contributed by atoms with Crippen molar-refractivity contribution in [3.63, 3.8) is 0 Å². The van der Waals surface area contributed by atoms with E-state index in [1.54, 1.807) is 19.9 Å². The fraction of sp³-hybridized carbons (Fsp3) is 0.333. The SMILES string of the molecule is CC(C)(CCCCOc1cc(-c2ccc(C(F)(F)F)cc2)c2ccccc2n1)C(=O)O. The number of para-hydroxylation sites is 1. The number of aromatic nitrogens is 1. The van der Waals surface area contributed by atoms with Gasteiger partial charge in [0.1, 0.15) is 0 Å². The van der Waals surface area contributed by atoms with Gasteiger partial charge in [0.25, 0.3) is 0 Å². The minimum absolute atomic E-state index is 0.369. The molecule has 0 aliphatic rings. The third kappa shape index (κ3) is 5.54. The Morgan fingerprint density at radius 2 is 1.71 bits per heavy atom. The van der Waals surface area contributed by atoms with Crippen LogP contribution in [0.3, 0.4) is 0 Å². The number of fused-ring (bicyclic) bond motifs is 1. The number of aliphatic carboxylic acids is 1. The second kappa shape index (κ2) is 8.96. The first-order chi connectivity index (χ1) is 14.6. The van der Waals surface area contributed by atoms with Gasteiger partial charge in [0.15, 0.2) is 0 Å². The number of alkyl halides is 3. The Morgan fingerprint density at radius 3 is 2.35 bits per heavy atom. The van der Waals surface area contributed by atoms with E-state index in [1.807, 2.05) is 24.3 Å². The van der Waals surface area contributed by atoms with E-state index in [9.17, 15) is 23.1 Å². The van der Waals surface area contributed by atoms with E-state index in [-0.39, 0.29) is 0 Å². The quantitative estimate of drug-likeness (QED) is 0.409. The summed E-state index contributed by atoms with van der Waals surface area (Å²) >= 11 is 0. The molecular formula is C24H24F3NO3. The molecule has 0 radical (unpaired) electrons. The first kappa shape index (κ1) is 22.6. The van der Waals surface area contributed by atoms with Gasteiger partial charge in [0, 0.05) is 11.5 Å². The summed E-state index contributed by atoms with van der Waals surface area (Å²) in [7, 11) is 0. The summed E-state index contributed by atoms with van der Waals surface area (Å²) in [6, 6.07) is 14.1. The van der Waals surface area contributed by atoms with Gasteiger partial charge in [0.2, 0.25) is 5.88 Å². The summed E-state index contributed by atoms with van der Waals surface area (Å²) < 4.78 is 44.5. The zero-order valence-corrected chi connectivity index (χ0v) is 17.4. The molecule has 7 heteroatoms. The molecule has 0 unspecified atom stereocenters. The maximum absolute atomic E-state index is 12.9. The van der Waals surface area contributed by atoms with Crippen molar-refractivity contribution in [3.05, 3.63) is 60.2 Å². The molecule has 2 aromatic carbocycles. The number of benzene rings is 2. The Balaban J connectivity index is 1.78. The Morgan fingerprint density at radius 1 is 1.03 bits per heavy atom. The molecule has 0 spiro atoms. The Bertz CT molecular complexity index is 1060. The fourth-order valence-corrected chi connectivity index (χ4v) is 3.26. The normalized spacial score (nSPS) is 12.2. The van der Waals surface area contributed by atoms with Crippen LogP contribution in [0.1, 0.15) is 38.7 Å². The number of pyridine rings is 1. The standard InChI is InChI=1S/C24H24F3NO3/c1-23(2,22(29)30)13-5-6-14-31-21-15-19(18-7-3-4-8-20(18)28-21)16-9-11-17(12-10-16)24(25,26)27/h3-4,7-12,15H,5-6,13-14H2,1-2H3,(H,29,30). The van der Waals surface area contributed by atoms with Crippen LogP contribution in [0.4, 0.5) is 13.2 Å². The average Bonchev–Trinajstić information content (AvgIpc) is 2.72. The number of carboxylic acids is 1. The molecule has 3 aromatic rings. The first-order valence-electron chi connectivity index (χ1n) is 10.0. The van der Waals surface area contributed by atoms with Crippen LogP contribution in [0.2, 0.25) is 0 Å². The van der Waals surface area contributed by atoms with Gasteiger partial charge in [-0.25, -0.2) is 4.98 Å². The maximum atomic E-state index is 12.9. The van der Waals surface area contributed by atoms with Crippen LogP contribution in [0, 0.1) is 5.41 Å². The molecule has 0 saturated carbocycles. The highest BCUT2D eigenvalue weighted by molar-refractivity contribution is 5.95. The predicted octanol–water partition coefficient (Wildman–Crippen LogP) is 6.58. The minimum Gasteiger partial charge on any atom is -0.481 e. The van der Waals surface area contributed by atoms with Crippen LogP contribution in [-0.4, -0.2) is 22.7 Å². The molecule has 0 atom stereocenters. The minimum atomic E-state index is -4.39. The van der Waals surface area contributed by atoms with Crippen LogP contribution in [0.15, 0.2) is 54.6 Å². The number of carbonyl (C=O) groups is 1. The van der Waals surface area contributed by atoms with Gasteiger partial charge in [-0.1, -0.05) is 30.3 Å². The molecule has 0 fully saturated rings. The molecular weight excluding hydrogens is 407 g/mol. The van der Waals surface area contributed by atoms with Gasteiger partial charge < -0.3 is 9.84 Å². The lowest BCUT2D eigenvalue weighted by Crippen LogP contribution is -2.23. The predicted molar refractivity (Wildman–Crippen MR) is 113 cm³/mol. The lowest BCUT2D eigenvalue weighted by atomic mass is 9.87. The topological polar surface area (TPSA) is 59.4 Å². The number of hydrogen-bond donors (Lipinski definition) is 1. The van der Waals surface area contributed by atoms with Gasteiger partial charge >= 0.3 is 12.1 Å². The summed E-state index contributed by atoms with van der Waals surface area (Å²) in [6.07, 6.45) is -2.49. The van der Waals surface area contributed by atoms with Crippen LogP contribution < -0.4 is 4.74 Å². The monoisotopic (exact) mass is 431 g/mol. The Labute approximate surface area is 178 Å². The number of hydrogen-bond acceptors (Lipinski definition) is 3.